The minimum Gasteiger partial charge on any atom is -0.423 e. The molecule has 0 bridgehead atoms. The molecule has 0 spiro atoms. The van der Waals surface area contributed by atoms with Gasteiger partial charge >= 0.3 is 5.63 Å². The van der Waals surface area contributed by atoms with Gasteiger partial charge in [-0.25, -0.2) is 13.6 Å². The Hall–Kier alpha value is -3.05. The van der Waals surface area contributed by atoms with Crippen LogP contribution in [0.1, 0.15) is 24.1 Å². The molecule has 0 aliphatic carbocycles. The molecule has 0 unspecified atom stereocenters. The second-order valence-corrected chi connectivity index (χ2v) is 6.52. The van der Waals surface area contributed by atoms with E-state index in [9.17, 15) is 13.6 Å². The SMILES string of the molecule is C[C@H](NCc1cc(=O)oc2ccc3ccccc3c12)c1ccc(F)cc1F. The third-order valence-electron chi connectivity index (χ3n) is 4.74. The van der Waals surface area contributed by atoms with Gasteiger partial charge in [0.15, 0.2) is 0 Å². The Morgan fingerprint density at radius 3 is 2.67 bits per heavy atom. The van der Waals surface area contributed by atoms with Gasteiger partial charge in [-0.15, -0.1) is 0 Å². The second kappa shape index (κ2) is 6.93. The zero-order chi connectivity index (χ0) is 19.0. The summed E-state index contributed by atoms with van der Waals surface area (Å²) in [6.07, 6.45) is 0. The molecule has 5 heteroatoms. The number of fused-ring (bicyclic) bond motifs is 3. The van der Waals surface area contributed by atoms with Crippen LogP contribution in [-0.4, -0.2) is 0 Å². The summed E-state index contributed by atoms with van der Waals surface area (Å²) in [7, 11) is 0. The van der Waals surface area contributed by atoms with Crippen molar-refractivity contribution in [2.24, 2.45) is 0 Å². The van der Waals surface area contributed by atoms with Crippen LogP contribution in [0.25, 0.3) is 21.7 Å². The lowest BCUT2D eigenvalue weighted by Crippen LogP contribution is -2.20. The zero-order valence-corrected chi connectivity index (χ0v) is 14.6. The first kappa shape index (κ1) is 17.4. The summed E-state index contributed by atoms with van der Waals surface area (Å²) < 4.78 is 32.5. The van der Waals surface area contributed by atoms with Crippen molar-refractivity contribution in [3.8, 4) is 0 Å². The fourth-order valence-corrected chi connectivity index (χ4v) is 3.39. The standard InChI is InChI=1S/C22H17F2NO2/c1-13(17-8-7-16(23)11-19(17)24)25-12-15-10-21(26)27-20-9-6-14-4-2-3-5-18(14)22(15)20/h2-11,13,25H,12H2,1H3/t13-/m0/s1. The minimum absolute atomic E-state index is 0.341. The molecule has 4 rings (SSSR count). The summed E-state index contributed by atoms with van der Waals surface area (Å²) in [5.41, 5.74) is 1.22. The van der Waals surface area contributed by atoms with Crippen LogP contribution in [0, 0.1) is 11.6 Å². The molecular formula is C22H17F2NO2. The van der Waals surface area contributed by atoms with E-state index in [0.717, 1.165) is 27.8 Å². The van der Waals surface area contributed by atoms with Crippen molar-refractivity contribution < 1.29 is 13.2 Å². The van der Waals surface area contributed by atoms with E-state index < -0.39 is 17.3 Å². The van der Waals surface area contributed by atoms with E-state index in [-0.39, 0.29) is 6.04 Å². The van der Waals surface area contributed by atoms with E-state index in [1.54, 1.807) is 13.0 Å². The Morgan fingerprint density at radius 2 is 1.85 bits per heavy atom. The summed E-state index contributed by atoms with van der Waals surface area (Å²) in [4.78, 5) is 12.0. The lowest BCUT2D eigenvalue weighted by atomic mass is 10.0. The summed E-state index contributed by atoms with van der Waals surface area (Å²) in [5.74, 6) is -1.21. The Bertz CT molecular complexity index is 1200. The topological polar surface area (TPSA) is 42.2 Å². The zero-order valence-electron chi connectivity index (χ0n) is 14.6. The van der Waals surface area contributed by atoms with Crippen molar-refractivity contribution >= 4 is 21.7 Å². The highest BCUT2D eigenvalue weighted by Crippen LogP contribution is 2.28. The Kier molecular flexibility index (Phi) is 4.46. The molecule has 1 N–H and O–H groups in total. The van der Waals surface area contributed by atoms with Crippen LogP contribution < -0.4 is 10.9 Å². The van der Waals surface area contributed by atoms with Gasteiger partial charge < -0.3 is 9.73 Å². The van der Waals surface area contributed by atoms with E-state index >= 15 is 0 Å². The summed E-state index contributed by atoms with van der Waals surface area (Å²) in [6.45, 7) is 2.14. The third-order valence-corrected chi connectivity index (χ3v) is 4.74. The molecular weight excluding hydrogens is 348 g/mol. The highest BCUT2D eigenvalue weighted by atomic mass is 19.1. The summed E-state index contributed by atoms with van der Waals surface area (Å²) in [5, 5.41) is 6.09. The van der Waals surface area contributed by atoms with Crippen LogP contribution in [-0.2, 0) is 6.54 Å². The molecule has 1 aromatic heterocycles. The van der Waals surface area contributed by atoms with Crippen molar-refractivity contribution in [1.82, 2.24) is 5.32 Å². The van der Waals surface area contributed by atoms with E-state index in [1.807, 2.05) is 30.3 Å². The molecule has 0 aliphatic heterocycles. The minimum atomic E-state index is -0.610. The summed E-state index contributed by atoms with van der Waals surface area (Å²) in [6, 6.07) is 16.2. The van der Waals surface area contributed by atoms with Crippen molar-refractivity contribution in [2.45, 2.75) is 19.5 Å². The third kappa shape index (κ3) is 3.34. The summed E-state index contributed by atoms with van der Waals surface area (Å²) >= 11 is 0. The maximum atomic E-state index is 14.0. The van der Waals surface area contributed by atoms with E-state index in [2.05, 4.69) is 5.32 Å². The molecule has 136 valence electrons. The maximum Gasteiger partial charge on any atom is 0.336 e. The molecule has 4 aromatic rings. The number of rotatable bonds is 4. The van der Waals surface area contributed by atoms with E-state index in [1.165, 1.54) is 18.2 Å². The molecule has 3 aromatic carbocycles. The van der Waals surface area contributed by atoms with Crippen molar-refractivity contribution in [1.29, 1.82) is 0 Å². The average Bonchev–Trinajstić information content (AvgIpc) is 2.65. The largest absolute Gasteiger partial charge is 0.423 e. The normalized spacial score (nSPS) is 12.6. The predicted octanol–water partition coefficient (Wildman–Crippen LogP) is 5.08. The van der Waals surface area contributed by atoms with Gasteiger partial charge in [0.2, 0.25) is 0 Å². The quantitative estimate of drug-likeness (QED) is 0.405. The number of hydrogen-bond donors (Lipinski definition) is 1. The molecule has 0 fully saturated rings. The highest BCUT2D eigenvalue weighted by molar-refractivity contribution is 6.07. The van der Waals surface area contributed by atoms with Gasteiger partial charge in [0.1, 0.15) is 17.2 Å². The van der Waals surface area contributed by atoms with Gasteiger partial charge in [-0.2, -0.15) is 0 Å². The van der Waals surface area contributed by atoms with Crippen LogP contribution in [0.15, 0.2) is 69.9 Å². The monoisotopic (exact) mass is 365 g/mol. The number of halogens is 2. The molecule has 0 radical (unpaired) electrons. The van der Waals surface area contributed by atoms with Crippen LogP contribution in [0.4, 0.5) is 8.78 Å². The van der Waals surface area contributed by atoms with Gasteiger partial charge in [0, 0.05) is 35.7 Å². The highest BCUT2D eigenvalue weighted by Gasteiger charge is 2.14. The van der Waals surface area contributed by atoms with Crippen LogP contribution in [0.2, 0.25) is 0 Å². The first-order valence-corrected chi connectivity index (χ1v) is 8.66. The fraction of sp³-hybridized carbons (Fsp3) is 0.136. The van der Waals surface area contributed by atoms with Gasteiger partial charge in [0.25, 0.3) is 0 Å². The first-order valence-electron chi connectivity index (χ1n) is 8.66. The van der Waals surface area contributed by atoms with Gasteiger partial charge in [-0.1, -0.05) is 36.4 Å². The second-order valence-electron chi connectivity index (χ2n) is 6.52. The molecule has 3 nitrogen and oxygen atoms in total. The van der Waals surface area contributed by atoms with Gasteiger partial charge in [-0.05, 0) is 35.4 Å². The Labute approximate surface area is 154 Å². The first-order chi connectivity index (χ1) is 13.0. The van der Waals surface area contributed by atoms with Crippen LogP contribution in [0.5, 0.6) is 0 Å². The number of hydrogen-bond acceptors (Lipinski definition) is 3. The molecule has 27 heavy (non-hydrogen) atoms. The van der Waals surface area contributed by atoms with Gasteiger partial charge in [0.05, 0.1) is 0 Å². The van der Waals surface area contributed by atoms with Crippen LogP contribution in [0.3, 0.4) is 0 Å². The van der Waals surface area contributed by atoms with Crippen molar-refractivity contribution in [3.05, 3.63) is 93.8 Å². The smallest absolute Gasteiger partial charge is 0.336 e. The van der Waals surface area contributed by atoms with Gasteiger partial charge in [-0.3, -0.25) is 0 Å². The van der Waals surface area contributed by atoms with Crippen molar-refractivity contribution in [3.63, 3.8) is 0 Å². The molecule has 0 amide bonds. The lowest BCUT2D eigenvalue weighted by Gasteiger charge is -2.16. The lowest BCUT2D eigenvalue weighted by molar-refractivity contribution is 0.515. The van der Waals surface area contributed by atoms with Crippen molar-refractivity contribution in [2.75, 3.05) is 0 Å². The van der Waals surface area contributed by atoms with E-state index in [0.29, 0.717) is 17.7 Å². The Balaban J connectivity index is 1.73. The molecule has 1 heterocycles. The molecule has 0 aliphatic rings. The number of nitrogens with one attached hydrogen (secondary N) is 1. The van der Waals surface area contributed by atoms with E-state index in [4.69, 9.17) is 4.42 Å². The number of benzene rings is 3. The predicted molar refractivity (Wildman–Crippen MR) is 102 cm³/mol. The molecule has 0 saturated heterocycles. The Morgan fingerprint density at radius 1 is 1.04 bits per heavy atom. The molecule has 1 atom stereocenters. The average molecular weight is 365 g/mol. The van der Waals surface area contributed by atoms with Crippen LogP contribution >= 0.6 is 0 Å². The maximum absolute atomic E-state index is 14.0. The fourth-order valence-electron chi connectivity index (χ4n) is 3.39. The molecule has 0 saturated carbocycles.